The average Bonchev–Trinajstić information content (AvgIpc) is 2.69. The molecule has 0 amide bonds. The minimum Gasteiger partial charge on any atom is -0.464 e. The third-order valence-electron chi connectivity index (χ3n) is 2.07. The molecule has 0 unspecified atom stereocenters. The van der Waals surface area contributed by atoms with Crippen LogP contribution in [0.5, 0.6) is 0 Å². The number of ether oxygens (including phenoxy) is 1. The number of hydrogen-bond donors (Lipinski definition) is 0. The van der Waals surface area contributed by atoms with Gasteiger partial charge >= 0.3 is 5.97 Å². The molecule has 0 aliphatic rings. The zero-order valence-electron chi connectivity index (χ0n) is 9.11. The lowest BCUT2D eigenvalue weighted by Gasteiger charge is -1.96. The van der Waals surface area contributed by atoms with Gasteiger partial charge in [-0.15, -0.1) is 0 Å². The van der Waals surface area contributed by atoms with Gasteiger partial charge in [0.05, 0.1) is 13.3 Å². The van der Waals surface area contributed by atoms with E-state index in [1.54, 1.807) is 0 Å². The van der Waals surface area contributed by atoms with Gasteiger partial charge in [0.1, 0.15) is 0 Å². The molecular weight excluding hydrogens is 246 g/mol. The second-order valence-corrected chi connectivity index (χ2v) is 5.33. The van der Waals surface area contributed by atoms with Crippen molar-refractivity contribution in [3.05, 3.63) is 24.0 Å². The number of imidazole rings is 1. The number of carbonyl (C=O) groups is 1. The summed E-state index contributed by atoms with van der Waals surface area (Å²) in [5.74, 6) is -0.601. The number of esters is 1. The first-order chi connectivity index (χ1) is 7.91. The van der Waals surface area contributed by atoms with Crippen LogP contribution in [0.4, 0.5) is 0 Å². The molecule has 2 aromatic rings. The molecule has 8 heteroatoms. The van der Waals surface area contributed by atoms with Crippen LogP contribution < -0.4 is 0 Å². The molecule has 17 heavy (non-hydrogen) atoms. The van der Waals surface area contributed by atoms with Crippen molar-refractivity contribution in [2.24, 2.45) is 0 Å². The molecule has 0 aromatic carbocycles. The van der Waals surface area contributed by atoms with E-state index in [2.05, 4.69) is 14.8 Å². The Morgan fingerprint density at radius 3 is 2.71 bits per heavy atom. The number of nitrogens with zero attached hydrogens (tertiary/aromatic N) is 3. The van der Waals surface area contributed by atoms with E-state index in [4.69, 9.17) is 0 Å². The molecule has 0 atom stereocenters. The quantitative estimate of drug-likeness (QED) is 0.697. The third-order valence-corrected chi connectivity index (χ3v) is 3.05. The molecule has 0 aliphatic heterocycles. The fourth-order valence-corrected chi connectivity index (χ4v) is 1.82. The van der Waals surface area contributed by atoms with Gasteiger partial charge in [0, 0.05) is 6.26 Å². The van der Waals surface area contributed by atoms with E-state index in [9.17, 15) is 13.2 Å². The van der Waals surface area contributed by atoms with Crippen molar-refractivity contribution in [1.82, 2.24) is 14.6 Å². The van der Waals surface area contributed by atoms with Crippen molar-refractivity contribution in [3.8, 4) is 0 Å². The van der Waals surface area contributed by atoms with E-state index in [1.807, 2.05) is 0 Å². The number of sulfone groups is 1. The molecule has 0 fully saturated rings. The maximum absolute atomic E-state index is 11.3. The van der Waals surface area contributed by atoms with Gasteiger partial charge in [-0.05, 0) is 12.1 Å². The summed E-state index contributed by atoms with van der Waals surface area (Å²) in [6.45, 7) is 0. The lowest BCUT2D eigenvalue weighted by molar-refractivity contribution is 0.0594. The Morgan fingerprint density at radius 2 is 2.12 bits per heavy atom. The average molecular weight is 255 g/mol. The van der Waals surface area contributed by atoms with Gasteiger partial charge in [-0.2, -0.15) is 5.10 Å². The summed E-state index contributed by atoms with van der Waals surface area (Å²) in [6.07, 6.45) is 2.37. The molecule has 7 nitrogen and oxygen atoms in total. The number of fused-ring (bicyclic) bond motifs is 1. The fourth-order valence-electron chi connectivity index (χ4n) is 1.27. The normalized spacial score (nSPS) is 11.6. The molecule has 0 spiro atoms. The first-order valence-corrected chi connectivity index (χ1v) is 6.46. The van der Waals surface area contributed by atoms with E-state index in [1.165, 1.54) is 30.0 Å². The van der Waals surface area contributed by atoms with Gasteiger partial charge in [0.15, 0.2) is 26.2 Å². The first kappa shape index (κ1) is 11.5. The molecule has 0 bridgehead atoms. The Morgan fingerprint density at radius 1 is 1.41 bits per heavy atom. The second kappa shape index (κ2) is 3.81. The molecule has 2 rings (SSSR count). The van der Waals surface area contributed by atoms with E-state index >= 15 is 0 Å². The molecule has 2 heterocycles. The summed E-state index contributed by atoms with van der Waals surface area (Å²) in [5, 5.41) is 3.76. The van der Waals surface area contributed by atoms with Crippen LogP contribution in [0, 0.1) is 0 Å². The van der Waals surface area contributed by atoms with Crippen LogP contribution in [0.15, 0.2) is 23.4 Å². The monoisotopic (exact) mass is 255 g/mol. The van der Waals surface area contributed by atoms with Gasteiger partial charge in [-0.3, -0.25) is 0 Å². The van der Waals surface area contributed by atoms with Crippen LogP contribution in [0.1, 0.15) is 10.5 Å². The van der Waals surface area contributed by atoms with Gasteiger partial charge in [0.2, 0.25) is 0 Å². The van der Waals surface area contributed by atoms with E-state index < -0.39 is 15.8 Å². The van der Waals surface area contributed by atoms with Crippen molar-refractivity contribution in [2.75, 3.05) is 13.4 Å². The maximum atomic E-state index is 11.3. The van der Waals surface area contributed by atoms with Crippen molar-refractivity contribution < 1.29 is 17.9 Å². The van der Waals surface area contributed by atoms with Crippen molar-refractivity contribution in [2.45, 2.75) is 5.03 Å². The van der Waals surface area contributed by atoms with Crippen LogP contribution >= 0.6 is 0 Å². The fraction of sp³-hybridized carbons (Fsp3) is 0.222. The topological polar surface area (TPSA) is 90.6 Å². The summed E-state index contributed by atoms with van der Waals surface area (Å²) in [7, 11) is -2.15. The maximum Gasteiger partial charge on any atom is 0.358 e. The second-order valence-electron chi connectivity index (χ2n) is 3.36. The summed E-state index contributed by atoms with van der Waals surface area (Å²) in [4.78, 5) is 15.2. The number of aromatic nitrogens is 3. The molecule has 90 valence electrons. The minimum absolute atomic E-state index is 0.0747. The van der Waals surface area contributed by atoms with Crippen LogP contribution in [0.3, 0.4) is 0 Å². The Hall–Kier alpha value is -1.96. The van der Waals surface area contributed by atoms with E-state index in [-0.39, 0.29) is 10.7 Å². The van der Waals surface area contributed by atoms with Crippen LogP contribution in [-0.2, 0) is 14.6 Å². The summed E-state index contributed by atoms with van der Waals surface area (Å²) >= 11 is 0. The predicted molar refractivity (Wildman–Crippen MR) is 57.4 cm³/mol. The Labute approximate surface area is 97.0 Å². The SMILES string of the molecule is COC(=O)c1cn2nc(S(C)(=O)=O)ccc2n1. The molecule has 0 N–H and O–H groups in total. The molecule has 0 saturated heterocycles. The molecule has 2 aromatic heterocycles. The van der Waals surface area contributed by atoms with Gasteiger partial charge in [-0.25, -0.2) is 22.7 Å². The zero-order chi connectivity index (χ0) is 12.6. The highest BCUT2D eigenvalue weighted by Crippen LogP contribution is 2.09. The smallest absolute Gasteiger partial charge is 0.358 e. The first-order valence-electron chi connectivity index (χ1n) is 4.56. The van der Waals surface area contributed by atoms with Crippen molar-refractivity contribution in [3.63, 3.8) is 0 Å². The molecular formula is C9H9N3O4S. The minimum atomic E-state index is -3.39. The highest BCUT2D eigenvalue weighted by molar-refractivity contribution is 7.90. The van der Waals surface area contributed by atoms with E-state index in [0.29, 0.717) is 5.65 Å². The Kier molecular flexibility index (Phi) is 2.58. The third kappa shape index (κ3) is 2.11. The number of hydrogen-bond acceptors (Lipinski definition) is 6. The Bertz CT molecular complexity index is 689. The predicted octanol–water partition coefficient (Wildman–Crippen LogP) is -0.0806. The van der Waals surface area contributed by atoms with E-state index in [0.717, 1.165) is 6.26 Å². The highest BCUT2D eigenvalue weighted by atomic mass is 32.2. The van der Waals surface area contributed by atoms with Crippen LogP contribution in [-0.4, -0.2) is 42.4 Å². The van der Waals surface area contributed by atoms with Gasteiger partial charge in [-0.1, -0.05) is 0 Å². The lowest BCUT2D eigenvalue weighted by atomic mass is 10.5. The van der Waals surface area contributed by atoms with Crippen LogP contribution in [0.2, 0.25) is 0 Å². The van der Waals surface area contributed by atoms with Crippen LogP contribution in [0.25, 0.3) is 5.65 Å². The number of rotatable bonds is 2. The zero-order valence-corrected chi connectivity index (χ0v) is 9.93. The van der Waals surface area contributed by atoms with Gasteiger partial charge in [0.25, 0.3) is 0 Å². The summed E-state index contributed by atoms with van der Waals surface area (Å²) in [6, 6.07) is 2.80. The Balaban J connectivity index is 2.60. The standard InChI is InChI=1S/C9H9N3O4S/c1-16-9(13)6-5-12-7(10-6)3-4-8(11-12)17(2,14)15/h3-5H,1-2H3. The van der Waals surface area contributed by atoms with Gasteiger partial charge < -0.3 is 4.74 Å². The summed E-state index contributed by atoms with van der Waals surface area (Å²) in [5.41, 5.74) is 0.448. The largest absolute Gasteiger partial charge is 0.464 e. The number of methoxy groups -OCH3 is 1. The molecule has 0 radical (unpaired) electrons. The highest BCUT2D eigenvalue weighted by Gasteiger charge is 2.14. The molecule has 0 aliphatic carbocycles. The number of carbonyl (C=O) groups excluding carboxylic acids is 1. The van der Waals surface area contributed by atoms with Crippen molar-refractivity contribution >= 4 is 21.5 Å². The van der Waals surface area contributed by atoms with Crippen molar-refractivity contribution in [1.29, 1.82) is 0 Å². The molecule has 0 saturated carbocycles. The lowest BCUT2D eigenvalue weighted by Crippen LogP contribution is -2.03. The summed E-state index contributed by atoms with van der Waals surface area (Å²) < 4.78 is 28.3.